The number of hydrogen-bond acceptors (Lipinski definition) is 4. The quantitative estimate of drug-likeness (QED) is 0.948. The number of rotatable bonds is 3. The van der Waals surface area contributed by atoms with Gasteiger partial charge in [0, 0.05) is 37.9 Å². The Kier molecular flexibility index (Phi) is 4.03. The molecule has 0 spiro atoms. The Morgan fingerprint density at radius 1 is 1.43 bits per heavy atom. The van der Waals surface area contributed by atoms with Crippen molar-refractivity contribution < 1.29 is 4.79 Å². The Morgan fingerprint density at radius 3 is 3.00 bits per heavy atom. The van der Waals surface area contributed by atoms with Gasteiger partial charge in [0.2, 0.25) is 5.91 Å². The van der Waals surface area contributed by atoms with Gasteiger partial charge in [0.05, 0.1) is 5.69 Å². The highest BCUT2D eigenvalue weighted by atomic mass is 32.1. The van der Waals surface area contributed by atoms with Crippen LogP contribution in [0.25, 0.3) is 0 Å². The van der Waals surface area contributed by atoms with E-state index in [1.807, 2.05) is 0 Å². The number of amides is 1. The molecule has 2 heterocycles. The summed E-state index contributed by atoms with van der Waals surface area (Å²) in [6, 6.07) is 8.53. The molecule has 1 N–H and O–H groups in total. The lowest BCUT2D eigenvalue weighted by molar-refractivity contribution is -0.114. The zero-order valence-electron chi connectivity index (χ0n) is 12.3. The average molecular weight is 301 g/mol. The lowest BCUT2D eigenvalue weighted by Gasteiger charge is -2.26. The van der Waals surface area contributed by atoms with E-state index >= 15 is 0 Å². The van der Waals surface area contributed by atoms with Crippen LogP contribution in [0, 0.1) is 6.92 Å². The first-order chi connectivity index (χ1) is 10.1. The fourth-order valence-corrected chi connectivity index (χ4v) is 3.71. The van der Waals surface area contributed by atoms with Gasteiger partial charge < -0.3 is 5.32 Å². The van der Waals surface area contributed by atoms with E-state index in [-0.39, 0.29) is 5.91 Å². The van der Waals surface area contributed by atoms with Crippen LogP contribution in [0.15, 0.2) is 24.3 Å². The van der Waals surface area contributed by atoms with Crippen molar-refractivity contribution in [2.45, 2.75) is 33.4 Å². The van der Waals surface area contributed by atoms with Crippen LogP contribution < -0.4 is 5.32 Å². The zero-order valence-corrected chi connectivity index (χ0v) is 13.2. The lowest BCUT2D eigenvalue weighted by Crippen LogP contribution is -2.29. The summed E-state index contributed by atoms with van der Waals surface area (Å²) in [6.07, 6.45) is 0.956. The summed E-state index contributed by atoms with van der Waals surface area (Å²) in [4.78, 5) is 19.3. The Morgan fingerprint density at radius 2 is 2.24 bits per heavy atom. The van der Waals surface area contributed by atoms with E-state index in [9.17, 15) is 4.79 Å². The molecule has 0 atom stereocenters. The van der Waals surface area contributed by atoms with Crippen LogP contribution >= 0.6 is 11.3 Å². The molecule has 5 heteroatoms. The maximum atomic E-state index is 11.1. The maximum Gasteiger partial charge on any atom is 0.223 e. The number of thiazole rings is 1. The van der Waals surface area contributed by atoms with Crippen molar-refractivity contribution in [2.24, 2.45) is 0 Å². The first kappa shape index (κ1) is 14.2. The highest BCUT2D eigenvalue weighted by Gasteiger charge is 2.21. The summed E-state index contributed by atoms with van der Waals surface area (Å²) in [7, 11) is 0. The second-order valence-electron chi connectivity index (χ2n) is 5.46. The molecule has 0 unspecified atom stereocenters. The van der Waals surface area contributed by atoms with E-state index in [1.165, 1.54) is 22.9 Å². The second-order valence-corrected chi connectivity index (χ2v) is 6.54. The SMILES string of the molecule is CC(=O)Nc1nc2c(s1)CN(Cc1ccccc1C)CC2. The number of fused-ring (bicyclic) bond motifs is 1. The maximum absolute atomic E-state index is 11.1. The Hall–Kier alpha value is -1.72. The molecular formula is C16H19N3OS. The van der Waals surface area contributed by atoms with Gasteiger partial charge in [-0.3, -0.25) is 9.69 Å². The highest BCUT2D eigenvalue weighted by Crippen LogP contribution is 2.29. The van der Waals surface area contributed by atoms with E-state index < -0.39 is 0 Å². The molecular weight excluding hydrogens is 282 g/mol. The molecule has 21 heavy (non-hydrogen) atoms. The number of aromatic nitrogens is 1. The third-order valence-electron chi connectivity index (χ3n) is 3.75. The van der Waals surface area contributed by atoms with Crippen molar-refractivity contribution in [3.05, 3.63) is 46.0 Å². The van der Waals surface area contributed by atoms with Crippen molar-refractivity contribution in [3.63, 3.8) is 0 Å². The summed E-state index contributed by atoms with van der Waals surface area (Å²) < 4.78 is 0. The molecule has 1 amide bonds. The Balaban J connectivity index is 1.71. The standard InChI is InChI=1S/C16H19N3OS/c1-11-5-3-4-6-13(11)9-19-8-7-14-15(10-19)21-16(18-14)17-12(2)20/h3-6H,7-10H2,1-2H3,(H,17,18,20). The van der Waals surface area contributed by atoms with Crippen LogP contribution in [0.1, 0.15) is 28.6 Å². The minimum atomic E-state index is -0.0575. The number of nitrogens with one attached hydrogen (secondary N) is 1. The number of benzene rings is 1. The van der Waals surface area contributed by atoms with Crippen LogP contribution in [-0.4, -0.2) is 22.3 Å². The van der Waals surface area contributed by atoms with Gasteiger partial charge in [-0.05, 0) is 18.1 Å². The molecule has 4 nitrogen and oxygen atoms in total. The zero-order chi connectivity index (χ0) is 14.8. The molecule has 2 aromatic rings. The van der Waals surface area contributed by atoms with Gasteiger partial charge in [0.1, 0.15) is 0 Å². The normalized spacial score (nSPS) is 14.8. The smallest absolute Gasteiger partial charge is 0.223 e. The summed E-state index contributed by atoms with van der Waals surface area (Å²) >= 11 is 1.60. The van der Waals surface area contributed by atoms with E-state index in [0.29, 0.717) is 0 Å². The molecule has 0 saturated heterocycles. The first-order valence-electron chi connectivity index (χ1n) is 7.15. The molecule has 1 aliphatic rings. The first-order valence-corrected chi connectivity index (χ1v) is 7.96. The molecule has 0 fully saturated rings. The van der Waals surface area contributed by atoms with Crippen molar-refractivity contribution >= 4 is 22.4 Å². The minimum Gasteiger partial charge on any atom is -0.302 e. The van der Waals surface area contributed by atoms with Gasteiger partial charge in [0.25, 0.3) is 0 Å². The van der Waals surface area contributed by atoms with Crippen LogP contribution in [0.5, 0.6) is 0 Å². The van der Waals surface area contributed by atoms with E-state index in [4.69, 9.17) is 0 Å². The van der Waals surface area contributed by atoms with Crippen molar-refractivity contribution in [2.75, 3.05) is 11.9 Å². The predicted molar refractivity (Wildman–Crippen MR) is 85.4 cm³/mol. The summed E-state index contributed by atoms with van der Waals surface area (Å²) in [5.74, 6) is -0.0575. The van der Waals surface area contributed by atoms with Crippen LogP contribution in [-0.2, 0) is 24.3 Å². The number of hydrogen-bond donors (Lipinski definition) is 1. The van der Waals surface area contributed by atoms with Crippen LogP contribution in [0.2, 0.25) is 0 Å². The number of nitrogens with zero attached hydrogens (tertiary/aromatic N) is 2. The third-order valence-corrected chi connectivity index (χ3v) is 4.75. The van der Waals surface area contributed by atoms with Crippen molar-refractivity contribution in [1.29, 1.82) is 0 Å². The molecule has 0 saturated carbocycles. The molecule has 1 aromatic heterocycles. The summed E-state index contributed by atoms with van der Waals surface area (Å²) in [6.45, 7) is 6.59. The average Bonchev–Trinajstić information content (AvgIpc) is 2.82. The molecule has 0 radical (unpaired) electrons. The van der Waals surface area contributed by atoms with Crippen molar-refractivity contribution in [1.82, 2.24) is 9.88 Å². The number of carbonyl (C=O) groups excluding carboxylic acids is 1. The molecule has 0 aliphatic carbocycles. The fraction of sp³-hybridized carbons (Fsp3) is 0.375. The molecule has 110 valence electrons. The Labute approximate surface area is 128 Å². The molecule has 1 aliphatic heterocycles. The minimum absolute atomic E-state index is 0.0575. The largest absolute Gasteiger partial charge is 0.302 e. The lowest BCUT2D eigenvalue weighted by atomic mass is 10.1. The topological polar surface area (TPSA) is 45.2 Å². The van der Waals surface area contributed by atoms with Crippen LogP contribution in [0.3, 0.4) is 0 Å². The van der Waals surface area contributed by atoms with Gasteiger partial charge >= 0.3 is 0 Å². The fourth-order valence-electron chi connectivity index (χ4n) is 2.62. The van der Waals surface area contributed by atoms with E-state index in [2.05, 4.69) is 46.4 Å². The molecule has 1 aromatic carbocycles. The van der Waals surface area contributed by atoms with Gasteiger partial charge in [0.15, 0.2) is 5.13 Å². The number of aryl methyl sites for hydroxylation is 1. The Bertz CT molecular complexity index is 665. The number of anilines is 1. The van der Waals surface area contributed by atoms with Gasteiger partial charge in [-0.2, -0.15) is 0 Å². The van der Waals surface area contributed by atoms with Crippen LogP contribution in [0.4, 0.5) is 5.13 Å². The third kappa shape index (κ3) is 3.31. The van der Waals surface area contributed by atoms with Gasteiger partial charge in [-0.1, -0.05) is 24.3 Å². The van der Waals surface area contributed by atoms with E-state index in [0.717, 1.165) is 36.9 Å². The van der Waals surface area contributed by atoms with E-state index in [1.54, 1.807) is 11.3 Å². The molecule has 0 bridgehead atoms. The summed E-state index contributed by atoms with van der Waals surface area (Å²) in [5.41, 5.74) is 3.86. The summed E-state index contributed by atoms with van der Waals surface area (Å²) in [5, 5.41) is 3.51. The monoisotopic (exact) mass is 301 g/mol. The predicted octanol–water partition coefficient (Wildman–Crippen LogP) is 2.97. The van der Waals surface area contributed by atoms with Gasteiger partial charge in [-0.25, -0.2) is 4.98 Å². The molecule has 3 rings (SSSR count). The number of carbonyl (C=O) groups is 1. The second kappa shape index (κ2) is 5.95. The highest BCUT2D eigenvalue weighted by molar-refractivity contribution is 7.15. The van der Waals surface area contributed by atoms with Gasteiger partial charge in [-0.15, -0.1) is 11.3 Å². The van der Waals surface area contributed by atoms with Crippen molar-refractivity contribution in [3.8, 4) is 0 Å².